The largest absolute Gasteiger partial charge is 0.388 e. The molecular formula is C13H13BrO. The number of benzene rings is 2. The Balaban J connectivity index is 2.71. The summed E-state index contributed by atoms with van der Waals surface area (Å²) in [5.41, 5.74) is 2.24. The zero-order chi connectivity index (χ0) is 10.8. The van der Waals surface area contributed by atoms with Crippen LogP contribution in [0.1, 0.15) is 17.2 Å². The number of halogens is 1. The highest BCUT2D eigenvalue weighted by molar-refractivity contribution is 9.09. The van der Waals surface area contributed by atoms with Gasteiger partial charge < -0.3 is 5.11 Å². The van der Waals surface area contributed by atoms with Crippen molar-refractivity contribution in [1.82, 2.24) is 0 Å². The van der Waals surface area contributed by atoms with Crippen molar-refractivity contribution in [2.75, 3.05) is 5.33 Å². The van der Waals surface area contributed by atoms with Crippen LogP contribution < -0.4 is 0 Å². The molecule has 1 unspecified atom stereocenters. The molecule has 0 saturated heterocycles. The maximum absolute atomic E-state index is 9.87. The molecule has 2 rings (SSSR count). The summed E-state index contributed by atoms with van der Waals surface area (Å²) in [6, 6.07) is 12.2. The number of aliphatic hydroxyl groups is 1. The van der Waals surface area contributed by atoms with E-state index in [0.29, 0.717) is 5.33 Å². The Bertz CT molecular complexity index is 479. The highest BCUT2D eigenvalue weighted by Crippen LogP contribution is 2.27. The maximum atomic E-state index is 9.87. The van der Waals surface area contributed by atoms with Crippen molar-refractivity contribution in [2.45, 2.75) is 13.0 Å². The molecule has 0 aromatic heterocycles. The molecule has 0 fully saturated rings. The van der Waals surface area contributed by atoms with Gasteiger partial charge in [0.2, 0.25) is 0 Å². The molecule has 2 heteroatoms. The van der Waals surface area contributed by atoms with E-state index in [9.17, 15) is 5.11 Å². The van der Waals surface area contributed by atoms with Crippen LogP contribution >= 0.6 is 15.9 Å². The molecule has 0 radical (unpaired) electrons. The Labute approximate surface area is 97.9 Å². The molecule has 0 aliphatic rings. The fraction of sp³-hybridized carbons (Fsp3) is 0.231. The van der Waals surface area contributed by atoms with Crippen molar-refractivity contribution in [3.05, 3.63) is 47.5 Å². The van der Waals surface area contributed by atoms with Gasteiger partial charge in [0.1, 0.15) is 0 Å². The Kier molecular flexibility index (Phi) is 3.08. The second-order valence-electron chi connectivity index (χ2n) is 3.69. The van der Waals surface area contributed by atoms with Crippen molar-refractivity contribution in [2.24, 2.45) is 0 Å². The molecule has 1 nitrogen and oxygen atoms in total. The summed E-state index contributed by atoms with van der Waals surface area (Å²) in [5.74, 6) is 0. The van der Waals surface area contributed by atoms with Crippen LogP contribution in [-0.4, -0.2) is 10.4 Å². The average Bonchev–Trinajstić information content (AvgIpc) is 2.29. The number of fused-ring (bicyclic) bond motifs is 1. The van der Waals surface area contributed by atoms with E-state index in [4.69, 9.17) is 0 Å². The quantitative estimate of drug-likeness (QED) is 0.823. The van der Waals surface area contributed by atoms with Crippen molar-refractivity contribution < 1.29 is 5.11 Å². The number of hydrogen-bond donors (Lipinski definition) is 1. The molecule has 0 spiro atoms. The van der Waals surface area contributed by atoms with Gasteiger partial charge in [0.25, 0.3) is 0 Å². The molecular weight excluding hydrogens is 252 g/mol. The first kappa shape index (κ1) is 10.7. The van der Waals surface area contributed by atoms with Crippen LogP contribution in [0.25, 0.3) is 10.8 Å². The summed E-state index contributed by atoms with van der Waals surface area (Å²) in [7, 11) is 0. The van der Waals surface area contributed by atoms with Crippen LogP contribution in [0.2, 0.25) is 0 Å². The van der Waals surface area contributed by atoms with Crippen molar-refractivity contribution in [3.63, 3.8) is 0 Å². The summed E-state index contributed by atoms with van der Waals surface area (Å²) in [5, 5.41) is 12.8. The van der Waals surface area contributed by atoms with Crippen LogP contribution in [0.15, 0.2) is 36.4 Å². The van der Waals surface area contributed by atoms with Gasteiger partial charge in [-0.05, 0) is 28.8 Å². The average molecular weight is 265 g/mol. The van der Waals surface area contributed by atoms with E-state index in [1.807, 2.05) is 18.2 Å². The molecule has 0 amide bonds. The third-order valence-corrected chi connectivity index (χ3v) is 3.29. The molecule has 15 heavy (non-hydrogen) atoms. The first-order chi connectivity index (χ1) is 7.24. The van der Waals surface area contributed by atoms with E-state index in [1.54, 1.807) is 0 Å². The van der Waals surface area contributed by atoms with Crippen LogP contribution in [-0.2, 0) is 0 Å². The van der Waals surface area contributed by atoms with Crippen LogP contribution in [0.5, 0.6) is 0 Å². The monoisotopic (exact) mass is 264 g/mol. The van der Waals surface area contributed by atoms with Gasteiger partial charge in [0.15, 0.2) is 0 Å². The van der Waals surface area contributed by atoms with E-state index >= 15 is 0 Å². The van der Waals surface area contributed by atoms with E-state index in [1.165, 1.54) is 10.9 Å². The van der Waals surface area contributed by atoms with E-state index in [2.05, 4.69) is 41.1 Å². The fourth-order valence-corrected chi connectivity index (χ4v) is 2.20. The van der Waals surface area contributed by atoms with Crippen LogP contribution in [0.4, 0.5) is 0 Å². The minimum Gasteiger partial charge on any atom is -0.388 e. The molecule has 2 aromatic rings. The molecule has 0 saturated carbocycles. The van der Waals surface area contributed by atoms with E-state index < -0.39 is 6.10 Å². The molecule has 1 atom stereocenters. The Hall–Kier alpha value is -0.860. The molecule has 0 aliphatic carbocycles. The lowest BCUT2D eigenvalue weighted by Crippen LogP contribution is -1.99. The van der Waals surface area contributed by atoms with Crippen molar-refractivity contribution >= 4 is 26.7 Å². The fourth-order valence-electron chi connectivity index (χ4n) is 1.85. The Morgan fingerprint density at radius 1 is 1.13 bits per heavy atom. The minimum atomic E-state index is -0.435. The SMILES string of the molecule is Cc1ccc(C(O)CBr)c2ccccc12. The standard InChI is InChI=1S/C13H13BrO/c1-9-6-7-12(13(15)8-14)11-5-3-2-4-10(9)11/h2-7,13,15H,8H2,1H3. The Morgan fingerprint density at radius 3 is 2.47 bits per heavy atom. The lowest BCUT2D eigenvalue weighted by molar-refractivity contribution is 0.207. The summed E-state index contributed by atoms with van der Waals surface area (Å²) in [6.07, 6.45) is -0.435. The molecule has 2 aromatic carbocycles. The summed E-state index contributed by atoms with van der Waals surface area (Å²) >= 11 is 3.31. The highest BCUT2D eigenvalue weighted by Gasteiger charge is 2.10. The molecule has 0 heterocycles. The van der Waals surface area contributed by atoms with Crippen molar-refractivity contribution in [3.8, 4) is 0 Å². The second-order valence-corrected chi connectivity index (χ2v) is 4.33. The highest BCUT2D eigenvalue weighted by atomic mass is 79.9. The van der Waals surface area contributed by atoms with E-state index in [-0.39, 0.29) is 0 Å². The van der Waals surface area contributed by atoms with Crippen molar-refractivity contribution in [1.29, 1.82) is 0 Å². The Morgan fingerprint density at radius 2 is 1.80 bits per heavy atom. The summed E-state index contributed by atoms with van der Waals surface area (Å²) in [4.78, 5) is 0. The number of rotatable bonds is 2. The van der Waals surface area contributed by atoms with Gasteiger partial charge in [-0.3, -0.25) is 0 Å². The topological polar surface area (TPSA) is 20.2 Å². The number of aryl methyl sites for hydroxylation is 1. The van der Waals surface area contributed by atoms with Gasteiger partial charge in [-0.2, -0.15) is 0 Å². The van der Waals surface area contributed by atoms with Gasteiger partial charge in [0.05, 0.1) is 6.10 Å². The van der Waals surface area contributed by atoms with Gasteiger partial charge in [0, 0.05) is 5.33 Å². The maximum Gasteiger partial charge on any atom is 0.0892 e. The zero-order valence-corrected chi connectivity index (χ0v) is 10.2. The number of aliphatic hydroxyl groups excluding tert-OH is 1. The van der Waals surface area contributed by atoms with Crippen LogP contribution in [0.3, 0.4) is 0 Å². The smallest absolute Gasteiger partial charge is 0.0892 e. The predicted octanol–water partition coefficient (Wildman–Crippen LogP) is 3.58. The lowest BCUT2D eigenvalue weighted by atomic mass is 9.98. The van der Waals surface area contributed by atoms with Crippen LogP contribution in [0, 0.1) is 6.92 Å². The number of hydrogen-bond acceptors (Lipinski definition) is 1. The normalized spacial score (nSPS) is 13.0. The van der Waals surface area contributed by atoms with Gasteiger partial charge in [-0.1, -0.05) is 52.3 Å². The molecule has 0 bridgehead atoms. The molecule has 0 aliphatic heterocycles. The lowest BCUT2D eigenvalue weighted by Gasteiger charge is -2.12. The first-order valence-electron chi connectivity index (χ1n) is 4.96. The molecule has 78 valence electrons. The zero-order valence-electron chi connectivity index (χ0n) is 8.57. The third-order valence-electron chi connectivity index (χ3n) is 2.68. The van der Waals surface area contributed by atoms with Gasteiger partial charge >= 0.3 is 0 Å². The summed E-state index contributed by atoms with van der Waals surface area (Å²) in [6.45, 7) is 2.09. The van der Waals surface area contributed by atoms with Gasteiger partial charge in [-0.25, -0.2) is 0 Å². The number of alkyl halides is 1. The summed E-state index contributed by atoms with van der Waals surface area (Å²) < 4.78 is 0. The molecule has 1 N–H and O–H groups in total. The van der Waals surface area contributed by atoms with E-state index in [0.717, 1.165) is 10.9 Å². The second kappa shape index (κ2) is 4.33. The predicted molar refractivity (Wildman–Crippen MR) is 67.4 cm³/mol. The third kappa shape index (κ3) is 1.92. The first-order valence-corrected chi connectivity index (χ1v) is 6.08. The minimum absolute atomic E-state index is 0.435. The van der Waals surface area contributed by atoms with Gasteiger partial charge in [-0.15, -0.1) is 0 Å².